The van der Waals surface area contributed by atoms with Gasteiger partial charge in [-0.15, -0.1) is 0 Å². The van der Waals surface area contributed by atoms with E-state index in [9.17, 15) is 14.4 Å². The molecule has 6 nitrogen and oxygen atoms in total. The molecule has 2 saturated heterocycles. The number of carbonyl (C=O) groups is 3. The van der Waals surface area contributed by atoms with Crippen LogP contribution in [0.4, 0.5) is 5.69 Å². The number of imide groups is 1. The van der Waals surface area contributed by atoms with E-state index in [0.717, 1.165) is 4.90 Å². The minimum absolute atomic E-state index is 0.0440. The van der Waals surface area contributed by atoms with E-state index < -0.39 is 17.8 Å². The molecule has 0 unspecified atom stereocenters. The first kappa shape index (κ1) is 12.3. The van der Waals surface area contributed by atoms with Crippen LogP contribution in [-0.4, -0.2) is 35.1 Å². The van der Waals surface area contributed by atoms with Gasteiger partial charge < -0.3 is 9.84 Å². The van der Waals surface area contributed by atoms with Crippen LogP contribution in [0, 0.1) is 11.8 Å². The van der Waals surface area contributed by atoms with Crippen molar-refractivity contribution in [1.82, 2.24) is 0 Å². The van der Waals surface area contributed by atoms with Gasteiger partial charge in [0.15, 0.2) is 0 Å². The number of rotatable bonds is 2. The van der Waals surface area contributed by atoms with Gasteiger partial charge in [0.1, 0.15) is 0 Å². The highest BCUT2D eigenvalue weighted by molar-refractivity contribution is 6.23. The fraction of sp³-hybridized carbons (Fsp3) is 0.267. The minimum atomic E-state index is -1.10. The maximum atomic E-state index is 12.5. The lowest BCUT2D eigenvalue weighted by Gasteiger charge is -2.17. The van der Waals surface area contributed by atoms with Crippen LogP contribution in [0.5, 0.6) is 0 Å². The van der Waals surface area contributed by atoms with Crippen molar-refractivity contribution >= 4 is 23.5 Å². The number of carboxylic acid groups (broad SMARTS) is 1. The Morgan fingerprint density at radius 1 is 1.10 bits per heavy atom. The molecule has 2 fully saturated rings. The maximum Gasteiger partial charge on any atom is 0.335 e. The Kier molecular flexibility index (Phi) is 2.35. The zero-order valence-corrected chi connectivity index (χ0v) is 10.8. The predicted octanol–water partition coefficient (Wildman–Crippen LogP) is 0.828. The van der Waals surface area contributed by atoms with Gasteiger partial charge in [-0.25, -0.2) is 9.69 Å². The van der Waals surface area contributed by atoms with Gasteiger partial charge in [0.2, 0.25) is 11.8 Å². The Labute approximate surface area is 119 Å². The summed E-state index contributed by atoms with van der Waals surface area (Å²) in [6.07, 6.45) is 2.94. The molecule has 21 heavy (non-hydrogen) atoms. The molecular formula is C15H11NO5. The Balaban J connectivity index is 1.74. The highest BCUT2D eigenvalue weighted by Gasteiger charge is 2.61. The quantitative estimate of drug-likeness (QED) is 0.642. The van der Waals surface area contributed by atoms with Gasteiger partial charge in [-0.1, -0.05) is 18.2 Å². The van der Waals surface area contributed by atoms with E-state index in [2.05, 4.69) is 0 Å². The third kappa shape index (κ3) is 1.53. The molecule has 2 bridgehead atoms. The number of nitrogens with zero attached hydrogens (tertiary/aromatic N) is 1. The molecule has 0 aromatic heterocycles. The first-order chi connectivity index (χ1) is 10.1. The molecule has 106 valence electrons. The highest BCUT2D eigenvalue weighted by atomic mass is 16.5. The number of hydrogen-bond acceptors (Lipinski definition) is 4. The van der Waals surface area contributed by atoms with Crippen LogP contribution in [0.2, 0.25) is 0 Å². The molecule has 0 radical (unpaired) electrons. The van der Waals surface area contributed by atoms with Crippen LogP contribution in [0.3, 0.4) is 0 Å². The van der Waals surface area contributed by atoms with E-state index in [4.69, 9.17) is 9.84 Å². The molecule has 0 saturated carbocycles. The number of ether oxygens (including phenoxy) is 1. The van der Waals surface area contributed by atoms with Gasteiger partial charge in [0.25, 0.3) is 0 Å². The number of anilines is 1. The standard InChI is InChI=1S/C15H11NO5/c17-13-11-9-4-5-10(21-9)12(11)14(18)16(13)8-3-1-2-7(6-8)15(19)20/h1-6,9-12H,(H,19,20)/t9-,10+,11-,12-/m0/s1. The van der Waals surface area contributed by atoms with Gasteiger partial charge in [-0.05, 0) is 18.2 Å². The molecule has 2 amide bonds. The summed E-state index contributed by atoms with van der Waals surface area (Å²) >= 11 is 0. The molecule has 0 aliphatic carbocycles. The minimum Gasteiger partial charge on any atom is -0.478 e. The lowest BCUT2D eigenvalue weighted by Crippen LogP contribution is -2.34. The van der Waals surface area contributed by atoms with Crippen molar-refractivity contribution in [3.8, 4) is 0 Å². The summed E-state index contributed by atoms with van der Waals surface area (Å²) in [5.41, 5.74) is 0.348. The van der Waals surface area contributed by atoms with Crippen molar-refractivity contribution in [3.05, 3.63) is 42.0 Å². The molecule has 1 aromatic rings. The summed E-state index contributed by atoms with van der Waals surface area (Å²) in [6, 6.07) is 5.86. The van der Waals surface area contributed by atoms with Gasteiger partial charge in [-0.2, -0.15) is 0 Å². The Bertz CT molecular complexity index is 680. The molecule has 1 N–H and O–H groups in total. The topological polar surface area (TPSA) is 83.9 Å². The molecule has 0 spiro atoms. The summed E-state index contributed by atoms with van der Waals surface area (Å²) in [6.45, 7) is 0. The number of benzene rings is 1. The van der Waals surface area contributed by atoms with Crippen molar-refractivity contribution in [2.45, 2.75) is 12.2 Å². The second-order valence-corrected chi connectivity index (χ2v) is 5.37. The predicted molar refractivity (Wildman–Crippen MR) is 70.7 cm³/mol. The van der Waals surface area contributed by atoms with Gasteiger partial charge in [0, 0.05) is 0 Å². The summed E-state index contributed by atoms with van der Waals surface area (Å²) in [7, 11) is 0. The third-order valence-corrected chi connectivity index (χ3v) is 4.26. The van der Waals surface area contributed by atoms with Gasteiger partial charge in [0.05, 0.1) is 35.3 Å². The Morgan fingerprint density at radius 3 is 2.29 bits per heavy atom. The molecule has 1 aromatic carbocycles. The van der Waals surface area contributed by atoms with Crippen molar-refractivity contribution < 1.29 is 24.2 Å². The Morgan fingerprint density at radius 2 is 1.71 bits per heavy atom. The highest BCUT2D eigenvalue weighted by Crippen LogP contribution is 2.46. The molecule has 3 heterocycles. The summed E-state index contributed by atoms with van der Waals surface area (Å²) in [5.74, 6) is -2.70. The van der Waals surface area contributed by atoms with E-state index in [1.807, 2.05) is 12.2 Å². The van der Waals surface area contributed by atoms with E-state index in [1.165, 1.54) is 18.2 Å². The average molecular weight is 285 g/mol. The van der Waals surface area contributed by atoms with E-state index >= 15 is 0 Å². The van der Waals surface area contributed by atoms with Gasteiger partial charge >= 0.3 is 5.97 Å². The fourth-order valence-electron chi connectivity index (χ4n) is 3.34. The monoisotopic (exact) mass is 285 g/mol. The van der Waals surface area contributed by atoms with E-state index in [0.29, 0.717) is 5.69 Å². The number of fused-ring (bicyclic) bond motifs is 5. The van der Waals surface area contributed by atoms with E-state index in [1.54, 1.807) is 6.07 Å². The Hall–Kier alpha value is -2.47. The molecule has 6 heteroatoms. The van der Waals surface area contributed by atoms with Crippen molar-refractivity contribution in [2.75, 3.05) is 4.90 Å². The number of aromatic carboxylic acids is 1. The molecular weight excluding hydrogens is 274 g/mol. The number of carbonyl (C=O) groups excluding carboxylic acids is 2. The van der Waals surface area contributed by atoms with Crippen molar-refractivity contribution in [2.24, 2.45) is 11.8 Å². The second-order valence-electron chi connectivity index (χ2n) is 5.37. The average Bonchev–Trinajstić information content (AvgIpc) is 3.13. The SMILES string of the molecule is O=C(O)c1cccc(N2C(=O)[C@@H]3[C@@H](C2=O)[C@H]2C=C[C@@H]3O2)c1. The second kappa shape index (κ2) is 4.02. The molecule has 4 rings (SSSR count). The lowest BCUT2D eigenvalue weighted by atomic mass is 9.85. The summed E-state index contributed by atoms with van der Waals surface area (Å²) in [4.78, 5) is 37.1. The van der Waals surface area contributed by atoms with E-state index in [-0.39, 0.29) is 29.6 Å². The zero-order valence-electron chi connectivity index (χ0n) is 10.8. The van der Waals surface area contributed by atoms with Crippen LogP contribution in [0.15, 0.2) is 36.4 Å². The molecule has 4 atom stereocenters. The summed E-state index contributed by atoms with van der Waals surface area (Å²) < 4.78 is 5.55. The van der Waals surface area contributed by atoms with Crippen LogP contribution in [0.1, 0.15) is 10.4 Å². The zero-order chi connectivity index (χ0) is 14.7. The largest absolute Gasteiger partial charge is 0.478 e. The van der Waals surface area contributed by atoms with Gasteiger partial charge in [-0.3, -0.25) is 9.59 Å². The van der Waals surface area contributed by atoms with Crippen LogP contribution >= 0.6 is 0 Å². The smallest absolute Gasteiger partial charge is 0.335 e. The lowest BCUT2D eigenvalue weighted by molar-refractivity contribution is -0.124. The first-order valence-corrected chi connectivity index (χ1v) is 6.63. The van der Waals surface area contributed by atoms with Crippen LogP contribution in [0.25, 0.3) is 0 Å². The normalized spacial score (nSPS) is 32.9. The summed E-state index contributed by atoms with van der Waals surface area (Å²) in [5, 5.41) is 9.02. The number of hydrogen-bond donors (Lipinski definition) is 1. The third-order valence-electron chi connectivity index (χ3n) is 4.26. The number of carboxylic acids is 1. The van der Waals surface area contributed by atoms with Crippen molar-refractivity contribution in [1.29, 1.82) is 0 Å². The van der Waals surface area contributed by atoms with Crippen LogP contribution in [-0.2, 0) is 14.3 Å². The first-order valence-electron chi connectivity index (χ1n) is 6.63. The fourth-order valence-corrected chi connectivity index (χ4v) is 3.34. The number of amides is 2. The molecule has 3 aliphatic rings. The maximum absolute atomic E-state index is 12.5. The molecule has 3 aliphatic heterocycles. The van der Waals surface area contributed by atoms with Crippen molar-refractivity contribution in [3.63, 3.8) is 0 Å². The van der Waals surface area contributed by atoms with Crippen LogP contribution < -0.4 is 4.90 Å².